The lowest BCUT2D eigenvalue weighted by molar-refractivity contribution is 0.265. The van der Waals surface area contributed by atoms with Crippen molar-refractivity contribution in [2.45, 2.75) is 19.0 Å². The van der Waals surface area contributed by atoms with Crippen LogP contribution in [-0.2, 0) is 6.54 Å². The topological polar surface area (TPSA) is 32.3 Å². The molecule has 2 N–H and O–H groups in total. The molecule has 2 nitrogen and oxygen atoms in total. The van der Waals surface area contributed by atoms with E-state index in [2.05, 4.69) is 5.32 Å². The van der Waals surface area contributed by atoms with Crippen LogP contribution in [-0.4, -0.2) is 11.7 Å². The number of benzene rings is 2. The van der Waals surface area contributed by atoms with Crippen LogP contribution in [0, 0.1) is 17.5 Å². The third-order valence-electron chi connectivity index (χ3n) is 3.22. The molecule has 0 radical (unpaired) electrons. The van der Waals surface area contributed by atoms with Crippen LogP contribution >= 0.6 is 0 Å². The van der Waals surface area contributed by atoms with Gasteiger partial charge in [-0.25, -0.2) is 13.2 Å². The monoisotopic (exact) mass is 295 g/mol. The van der Waals surface area contributed by atoms with Gasteiger partial charge in [0.25, 0.3) is 0 Å². The number of hydrogen-bond donors (Lipinski definition) is 2. The lowest BCUT2D eigenvalue weighted by atomic mass is 10.0. The predicted molar refractivity (Wildman–Crippen MR) is 74.0 cm³/mol. The maximum absolute atomic E-state index is 13.2. The fraction of sp³-hybridized carbons (Fsp3) is 0.250. The van der Waals surface area contributed by atoms with Gasteiger partial charge in [0.2, 0.25) is 0 Å². The van der Waals surface area contributed by atoms with Crippen LogP contribution in [0.4, 0.5) is 13.2 Å². The van der Waals surface area contributed by atoms with Crippen molar-refractivity contribution in [3.63, 3.8) is 0 Å². The second-order valence-electron chi connectivity index (χ2n) is 4.73. The number of nitrogens with one attached hydrogen (secondary N) is 1. The summed E-state index contributed by atoms with van der Waals surface area (Å²) in [7, 11) is 0. The molecule has 0 amide bonds. The van der Waals surface area contributed by atoms with Crippen LogP contribution in [0.15, 0.2) is 42.5 Å². The first-order valence-electron chi connectivity index (χ1n) is 6.64. The van der Waals surface area contributed by atoms with Crippen LogP contribution in [0.3, 0.4) is 0 Å². The summed E-state index contributed by atoms with van der Waals surface area (Å²) in [5.41, 5.74) is 1.28. The van der Waals surface area contributed by atoms with E-state index in [9.17, 15) is 13.2 Å². The minimum Gasteiger partial charge on any atom is -0.396 e. The van der Waals surface area contributed by atoms with Crippen LogP contribution in [0.5, 0.6) is 0 Å². The number of hydrogen-bond acceptors (Lipinski definition) is 2. The molecule has 0 bridgehead atoms. The molecular formula is C16H16F3NO. The van der Waals surface area contributed by atoms with Gasteiger partial charge in [-0.2, -0.15) is 0 Å². The standard InChI is InChI=1S/C16H16F3NO/c17-13-8-11(9-14(18)16(13)19)10-20-15(6-7-21)12-4-2-1-3-5-12/h1-5,8-9,15,20-21H,6-7,10H2/t15-/m1/s1. The van der Waals surface area contributed by atoms with E-state index in [0.29, 0.717) is 12.0 Å². The average molecular weight is 295 g/mol. The molecule has 0 aliphatic carbocycles. The van der Waals surface area contributed by atoms with Crippen molar-refractivity contribution in [2.24, 2.45) is 0 Å². The van der Waals surface area contributed by atoms with Gasteiger partial charge in [0.05, 0.1) is 0 Å². The van der Waals surface area contributed by atoms with Gasteiger partial charge in [0, 0.05) is 19.2 Å². The Balaban J connectivity index is 2.09. The molecule has 0 aliphatic heterocycles. The fourth-order valence-corrected chi connectivity index (χ4v) is 2.15. The van der Waals surface area contributed by atoms with Crippen LogP contribution in [0.25, 0.3) is 0 Å². The Morgan fingerprint density at radius 2 is 1.62 bits per heavy atom. The molecule has 1 atom stereocenters. The number of halogens is 3. The first kappa shape index (κ1) is 15.5. The SMILES string of the molecule is OCC[C@@H](NCc1cc(F)c(F)c(F)c1)c1ccccc1. The van der Waals surface area contributed by atoms with Crippen molar-refractivity contribution in [2.75, 3.05) is 6.61 Å². The first-order valence-corrected chi connectivity index (χ1v) is 6.64. The highest BCUT2D eigenvalue weighted by atomic mass is 19.2. The Kier molecular flexibility index (Phi) is 5.36. The van der Waals surface area contributed by atoms with Crippen molar-refractivity contribution in [1.82, 2.24) is 5.32 Å². The summed E-state index contributed by atoms with van der Waals surface area (Å²) in [6, 6.07) is 11.2. The van der Waals surface area contributed by atoms with E-state index in [1.165, 1.54) is 0 Å². The molecule has 0 saturated carbocycles. The molecule has 0 aliphatic rings. The zero-order valence-corrected chi connectivity index (χ0v) is 11.3. The Morgan fingerprint density at radius 3 is 2.19 bits per heavy atom. The van der Waals surface area contributed by atoms with E-state index < -0.39 is 17.5 Å². The van der Waals surface area contributed by atoms with Gasteiger partial charge in [0.15, 0.2) is 17.5 Å². The molecule has 0 heterocycles. The highest BCUT2D eigenvalue weighted by molar-refractivity contribution is 5.21. The number of aliphatic hydroxyl groups is 1. The van der Waals surface area contributed by atoms with E-state index >= 15 is 0 Å². The average Bonchev–Trinajstić information content (AvgIpc) is 2.49. The summed E-state index contributed by atoms with van der Waals surface area (Å²) in [4.78, 5) is 0. The summed E-state index contributed by atoms with van der Waals surface area (Å²) >= 11 is 0. The van der Waals surface area contributed by atoms with Crippen molar-refractivity contribution < 1.29 is 18.3 Å². The maximum atomic E-state index is 13.2. The van der Waals surface area contributed by atoms with Gasteiger partial charge in [0.1, 0.15) is 0 Å². The highest BCUT2D eigenvalue weighted by Gasteiger charge is 2.13. The lowest BCUT2D eigenvalue weighted by Crippen LogP contribution is -2.22. The maximum Gasteiger partial charge on any atom is 0.194 e. The van der Waals surface area contributed by atoms with E-state index in [0.717, 1.165) is 17.7 Å². The lowest BCUT2D eigenvalue weighted by Gasteiger charge is -2.18. The van der Waals surface area contributed by atoms with Gasteiger partial charge in [-0.1, -0.05) is 30.3 Å². The van der Waals surface area contributed by atoms with Gasteiger partial charge >= 0.3 is 0 Å². The van der Waals surface area contributed by atoms with E-state index in [1.54, 1.807) is 0 Å². The zero-order chi connectivity index (χ0) is 15.2. The molecule has 0 aromatic heterocycles. The number of rotatable bonds is 6. The Hall–Kier alpha value is -1.85. The summed E-state index contributed by atoms with van der Waals surface area (Å²) in [6.07, 6.45) is 0.468. The number of aliphatic hydroxyl groups excluding tert-OH is 1. The molecule has 2 rings (SSSR count). The summed E-state index contributed by atoms with van der Waals surface area (Å²) in [5.74, 6) is -3.87. The second kappa shape index (κ2) is 7.24. The Labute approximate surface area is 121 Å². The molecule has 2 aromatic rings. The van der Waals surface area contributed by atoms with Crippen molar-refractivity contribution in [3.8, 4) is 0 Å². The molecule has 2 aromatic carbocycles. The normalized spacial score (nSPS) is 12.4. The van der Waals surface area contributed by atoms with E-state index in [4.69, 9.17) is 5.11 Å². The molecule has 0 saturated heterocycles. The largest absolute Gasteiger partial charge is 0.396 e. The minimum absolute atomic E-state index is 0.0152. The van der Waals surface area contributed by atoms with E-state index in [-0.39, 0.29) is 19.2 Å². The molecule has 0 fully saturated rings. The molecule has 5 heteroatoms. The van der Waals surface area contributed by atoms with Gasteiger partial charge in [-0.05, 0) is 29.7 Å². The van der Waals surface area contributed by atoms with E-state index in [1.807, 2.05) is 30.3 Å². The van der Waals surface area contributed by atoms with Crippen molar-refractivity contribution >= 4 is 0 Å². The quantitative estimate of drug-likeness (QED) is 0.801. The van der Waals surface area contributed by atoms with Gasteiger partial charge in [-0.15, -0.1) is 0 Å². The first-order chi connectivity index (χ1) is 10.1. The summed E-state index contributed by atoms with van der Waals surface area (Å²) in [6.45, 7) is 0.159. The van der Waals surface area contributed by atoms with Crippen molar-refractivity contribution in [3.05, 3.63) is 71.0 Å². The summed E-state index contributed by atoms with van der Waals surface area (Å²) < 4.78 is 39.2. The molecule has 21 heavy (non-hydrogen) atoms. The third-order valence-corrected chi connectivity index (χ3v) is 3.22. The second-order valence-corrected chi connectivity index (χ2v) is 4.73. The third kappa shape index (κ3) is 4.06. The molecule has 0 unspecified atom stereocenters. The highest BCUT2D eigenvalue weighted by Crippen LogP contribution is 2.18. The smallest absolute Gasteiger partial charge is 0.194 e. The van der Waals surface area contributed by atoms with Gasteiger partial charge in [-0.3, -0.25) is 0 Å². The molecule has 112 valence electrons. The van der Waals surface area contributed by atoms with Crippen LogP contribution in [0.2, 0.25) is 0 Å². The Bertz CT molecular complexity index is 566. The molecular weight excluding hydrogens is 279 g/mol. The zero-order valence-electron chi connectivity index (χ0n) is 11.3. The van der Waals surface area contributed by atoms with Crippen molar-refractivity contribution in [1.29, 1.82) is 0 Å². The van der Waals surface area contributed by atoms with Crippen LogP contribution in [0.1, 0.15) is 23.6 Å². The van der Waals surface area contributed by atoms with Crippen LogP contribution < -0.4 is 5.32 Å². The minimum atomic E-state index is -1.46. The Morgan fingerprint density at radius 1 is 1.00 bits per heavy atom. The van der Waals surface area contributed by atoms with Gasteiger partial charge < -0.3 is 10.4 Å². The molecule has 0 spiro atoms. The summed E-state index contributed by atoms with van der Waals surface area (Å²) in [5, 5.41) is 12.2. The fourth-order valence-electron chi connectivity index (χ4n) is 2.15. The predicted octanol–water partition coefficient (Wildman–Crippen LogP) is 3.32.